The van der Waals surface area contributed by atoms with Crippen LogP contribution in [0.25, 0.3) is 0 Å². The fraction of sp³-hybridized carbons (Fsp3) is 0.571. The summed E-state index contributed by atoms with van der Waals surface area (Å²) >= 11 is 6.16. The average Bonchev–Trinajstić information content (AvgIpc) is 2.98. The van der Waals surface area contributed by atoms with E-state index in [4.69, 9.17) is 16.3 Å². The molecule has 0 bridgehead atoms. The summed E-state index contributed by atoms with van der Waals surface area (Å²) in [5.74, 6) is 1.68. The molecule has 1 nitrogen and oxygen atoms in total. The predicted molar refractivity (Wildman–Crippen MR) is 66.3 cm³/mol. The Balaban J connectivity index is 1.73. The number of ether oxygens (including phenoxy) is 1. The molecule has 3 rings (SSSR count). The van der Waals surface area contributed by atoms with Crippen molar-refractivity contribution >= 4 is 11.6 Å². The molecule has 0 radical (unpaired) electrons. The first-order valence-electron chi connectivity index (χ1n) is 6.22. The fourth-order valence-electron chi connectivity index (χ4n) is 2.45. The molecule has 86 valence electrons. The number of hydrogen-bond donors (Lipinski definition) is 0. The molecule has 2 fully saturated rings. The largest absolute Gasteiger partial charge is 0.490 e. The van der Waals surface area contributed by atoms with E-state index in [9.17, 15) is 0 Å². The molecule has 0 amide bonds. The highest BCUT2D eigenvalue weighted by Gasteiger charge is 2.26. The normalized spacial score (nSPS) is 29.3. The summed E-state index contributed by atoms with van der Waals surface area (Å²) in [5, 5.41) is 0.373. The smallest absolute Gasteiger partial charge is 0.119 e. The maximum absolute atomic E-state index is 6.16. The average molecular weight is 237 g/mol. The monoisotopic (exact) mass is 236 g/mol. The van der Waals surface area contributed by atoms with E-state index in [1.807, 2.05) is 0 Å². The van der Waals surface area contributed by atoms with E-state index < -0.39 is 0 Å². The first-order valence-corrected chi connectivity index (χ1v) is 6.65. The second-order valence-corrected chi connectivity index (χ2v) is 5.61. The van der Waals surface area contributed by atoms with Gasteiger partial charge >= 0.3 is 0 Å². The first kappa shape index (κ1) is 10.5. The molecule has 0 aliphatic heterocycles. The van der Waals surface area contributed by atoms with Gasteiger partial charge in [0.1, 0.15) is 5.75 Å². The Morgan fingerprint density at radius 1 is 1.12 bits per heavy atom. The van der Waals surface area contributed by atoms with Crippen molar-refractivity contribution in [1.29, 1.82) is 0 Å². The van der Waals surface area contributed by atoms with Crippen molar-refractivity contribution in [2.24, 2.45) is 0 Å². The molecule has 2 aliphatic rings. The Kier molecular flexibility index (Phi) is 2.81. The van der Waals surface area contributed by atoms with Gasteiger partial charge in [-0.25, -0.2) is 0 Å². The Morgan fingerprint density at radius 2 is 2.00 bits per heavy atom. The number of hydrogen-bond acceptors (Lipinski definition) is 1. The van der Waals surface area contributed by atoms with Crippen LogP contribution in [0.4, 0.5) is 0 Å². The minimum atomic E-state index is 0.373. The second-order valence-electron chi connectivity index (χ2n) is 5.00. The predicted octanol–water partition coefficient (Wildman–Crippen LogP) is 4.10. The van der Waals surface area contributed by atoms with Crippen LogP contribution in [0.15, 0.2) is 24.3 Å². The maximum atomic E-state index is 6.16. The Morgan fingerprint density at radius 3 is 2.69 bits per heavy atom. The molecular formula is C14H17ClO. The molecule has 0 aromatic heterocycles. The lowest BCUT2D eigenvalue weighted by Gasteiger charge is -2.12. The second kappa shape index (κ2) is 4.29. The van der Waals surface area contributed by atoms with Crippen molar-refractivity contribution in [2.45, 2.75) is 49.5 Å². The molecular weight excluding hydrogens is 220 g/mol. The van der Waals surface area contributed by atoms with Crippen molar-refractivity contribution in [3.05, 3.63) is 29.8 Å². The SMILES string of the molecule is ClC1CCC(c2cccc(OC3CC3)c2)C1. The molecule has 1 aromatic carbocycles. The Hall–Kier alpha value is -0.690. The highest BCUT2D eigenvalue weighted by molar-refractivity contribution is 6.20. The van der Waals surface area contributed by atoms with Crippen molar-refractivity contribution < 1.29 is 4.74 Å². The van der Waals surface area contributed by atoms with Crippen LogP contribution < -0.4 is 4.74 Å². The lowest BCUT2D eigenvalue weighted by atomic mass is 9.98. The van der Waals surface area contributed by atoms with Gasteiger partial charge in [-0.3, -0.25) is 0 Å². The van der Waals surface area contributed by atoms with Crippen LogP contribution >= 0.6 is 11.6 Å². The Labute approximate surface area is 102 Å². The van der Waals surface area contributed by atoms with Crippen LogP contribution in [0.5, 0.6) is 5.75 Å². The van der Waals surface area contributed by atoms with Crippen LogP contribution in [0.3, 0.4) is 0 Å². The molecule has 0 heterocycles. The van der Waals surface area contributed by atoms with Crippen LogP contribution in [-0.2, 0) is 0 Å². The summed E-state index contributed by atoms with van der Waals surface area (Å²) in [6, 6.07) is 8.58. The van der Waals surface area contributed by atoms with E-state index in [0.29, 0.717) is 17.4 Å². The van der Waals surface area contributed by atoms with E-state index in [2.05, 4.69) is 24.3 Å². The molecule has 2 heteroatoms. The molecule has 2 aliphatic carbocycles. The van der Waals surface area contributed by atoms with Gasteiger partial charge < -0.3 is 4.74 Å². The van der Waals surface area contributed by atoms with Gasteiger partial charge in [-0.05, 0) is 55.7 Å². The third-order valence-corrected chi connectivity index (χ3v) is 3.92. The van der Waals surface area contributed by atoms with E-state index in [-0.39, 0.29) is 0 Å². The molecule has 2 atom stereocenters. The third kappa shape index (κ3) is 2.35. The molecule has 2 saturated carbocycles. The fourth-order valence-corrected chi connectivity index (χ4v) is 2.79. The molecule has 0 saturated heterocycles. The highest BCUT2D eigenvalue weighted by Crippen LogP contribution is 2.38. The number of rotatable bonds is 3. The van der Waals surface area contributed by atoms with Crippen molar-refractivity contribution in [2.75, 3.05) is 0 Å². The lowest BCUT2D eigenvalue weighted by molar-refractivity contribution is 0.302. The first-order chi connectivity index (χ1) is 7.81. The van der Waals surface area contributed by atoms with Crippen LogP contribution in [0.1, 0.15) is 43.6 Å². The minimum Gasteiger partial charge on any atom is -0.490 e. The van der Waals surface area contributed by atoms with Gasteiger partial charge in [0.2, 0.25) is 0 Å². The van der Waals surface area contributed by atoms with E-state index >= 15 is 0 Å². The summed E-state index contributed by atoms with van der Waals surface area (Å²) in [7, 11) is 0. The van der Waals surface area contributed by atoms with Crippen molar-refractivity contribution in [1.82, 2.24) is 0 Å². The molecule has 0 spiro atoms. The number of alkyl halides is 1. The Bertz CT molecular complexity index is 373. The van der Waals surface area contributed by atoms with Crippen molar-refractivity contribution in [3.63, 3.8) is 0 Å². The van der Waals surface area contributed by atoms with Gasteiger partial charge in [-0.2, -0.15) is 0 Å². The van der Waals surface area contributed by atoms with E-state index in [1.165, 1.54) is 24.8 Å². The summed E-state index contributed by atoms with van der Waals surface area (Å²) in [6.07, 6.45) is 6.42. The van der Waals surface area contributed by atoms with Crippen molar-refractivity contribution in [3.8, 4) is 5.75 Å². The molecule has 1 aromatic rings. The zero-order chi connectivity index (χ0) is 11.0. The van der Waals surface area contributed by atoms with E-state index in [0.717, 1.165) is 18.6 Å². The zero-order valence-corrected chi connectivity index (χ0v) is 10.1. The number of halogens is 1. The summed E-state index contributed by atoms with van der Waals surface area (Å²) in [5.41, 5.74) is 1.40. The van der Waals surface area contributed by atoms with Gasteiger partial charge in [0.25, 0.3) is 0 Å². The third-order valence-electron chi connectivity index (χ3n) is 3.53. The molecule has 2 unspecified atom stereocenters. The van der Waals surface area contributed by atoms with Gasteiger partial charge in [0.15, 0.2) is 0 Å². The summed E-state index contributed by atoms with van der Waals surface area (Å²) in [6.45, 7) is 0. The quantitative estimate of drug-likeness (QED) is 0.718. The lowest BCUT2D eigenvalue weighted by Crippen LogP contribution is -1.98. The van der Waals surface area contributed by atoms with Gasteiger partial charge in [-0.15, -0.1) is 11.6 Å². The van der Waals surface area contributed by atoms with Crippen LogP contribution in [0, 0.1) is 0 Å². The summed E-state index contributed by atoms with van der Waals surface area (Å²) < 4.78 is 5.82. The number of benzene rings is 1. The molecule has 16 heavy (non-hydrogen) atoms. The van der Waals surface area contributed by atoms with Crippen LogP contribution in [0.2, 0.25) is 0 Å². The maximum Gasteiger partial charge on any atom is 0.119 e. The van der Waals surface area contributed by atoms with Gasteiger partial charge in [0.05, 0.1) is 6.10 Å². The summed E-state index contributed by atoms with van der Waals surface area (Å²) in [4.78, 5) is 0. The topological polar surface area (TPSA) is 9.23 Å². The van der Waals surface area contributed by atoms with Gasteiger partial charge in [0, 0.05) is 5.38 Å². The highest BCUT2D eigenvalue weighted by atomic mass is 35.5. The van der Waals surface area contributed by atoms with Crippen LogP contribution in [-0.4, -0.2) is 11.5 Å². The minimum absolute atomic E-state index is 0.373. The van der Waals surface area contributed by atoms with E-state index in [1.54, 1.807) is 0 Å². The standard InChI is InChI=1S/C14H17ClO/c15-12-5-4-11(8-12)10-2-1-3-14(9-10)16-13-6-7-13/h1-3,9,11-13H,4-8H2. The van der Waals surface area contributed by atoms with Gasteiger partial charge in [-0.1, -0.05) is 12.1 Å². The molecule has 0 N–H and O–H groups in total. The zero-order valence-electron chi connectivity index (χ0n) is 9.36.